The minimum atomic E-state index is -0.411. The Labute approximate surface area is 171 Å². The highest BCUT2D eigenvalue weighted by Gasteiger charge is 2.49. The Balaban J connectivity index is 1.63. The summed E-state index contributed by atoms with van der Waals surface area (Å²) in [4.78, 5) is 10.6. The molecular weight excluding hydrogens is 366 g/mol. The minimum Gasteiger partial charge on any atom is -0.504 e. The van der Waals surface area contributed by atoms with Gasteiger partial charge in [0.05, 0.1) is 4.92 Å². The van der Waals surface area contributed by atoms with Crippen molar-refractivity contribution < 1.29 is 14.8 Å². The Morgan fingerprint density at radius 3 is 2.76 bits per heavy atom. The molecule has 154 valence electrons. The maximum absolute atomic E-state index is 11.0. The van der Waals surface area contributed by atoms with E-state index in [-0.39, 0.29) is 23.5 Å². The maximum atomic E-state index is 11.0. The van der Waals surface area contributed by atoms with Gasteiger partial charge in [0, 0.05) is 12.1 Å². The van der Waals surface area contributed by atoms with Gasteiger partial charge in [0.25, 0.3) is 5.69 Å². The first-order valence-electron chi connectivity index (χ1n) is 10.4. The lowest BCUT2D eigenvalue weighted by Gasteiger charge is -2.54. The molecule has 0 aromatic heterocycles. The first-order valence-corrected chi connectivity index (χ1v) is 10.4. The summed E-state index contributed by atoms with van der Waals surface area (Å²) in [6.07, 6.45) is 5.77. The van der Waals surface area contributed by atoms with Crippen molar-refractivity contribution in [1.82, 2.24) is 0 Å². The molecule has 0 amide bonds. The van der Waals surface area contributed by atoms with E-state index >= 15 is 0 Å². The zero-order chi connectivity index (χ0) is 20.8. The third kappa shape index (κ3) is 3.47. The summed E-state index contributed by atoms with van der Waals surface area (Å²) in [5.41, 5.74) is 3.67. The van der Waals surface area contributed by atoms with Crippen molar-refractivity contribution in [2.24, 2.45) is 11.3 Å². The Morgan fingerprint density at radius 1 is 1.21 bits per heavy atom. The predicted molar refractivity (Wildman–Crippen MR) is 112 cm³/mol. The number of aryl methyl sites for hydroxylation is 1. The van der Waals surface area contributed by atoms with Crippen LogP contribution in [-0.2, 0) is 18.4 Å². The Morgan fingerprint density at radius 2 is 2.00 bits per heavy atom. The number of nitro groups is 1. The van der Waals surface area contributed by atoms with Crippen molar-refractivity contribution in [3.8, 4) is 11.5 Å². The molecule has 5 nitrogen and oxygen atoms in total. The second-order valence-corrected chi connectivity index (χ2v) is 9.54. The van der Waals surface area contributed by atoms with E-state index in [0.717, 1.165) is 19.3 Å². The van der Waals surface area contributed by atoms with Crippen LogP contribution in [0.4, 0.5) is 5.69 Å². The second-order valence-electron chi connectivity index (χ2n) is 9.54. The molecule has 0 bridgehead atoms. The molecule has 1 N–H and O–H groups in total. The number of phenols is 1. The van der Waals surface area contributed by atoms with E-state index in [4.69, 9.17) is 4.74 Å². The third-order valence-electron chi connectivity index (χ3n) is 7.25. The number of hydrogen-bond donors (Lipinski definition) is 1. The normalized spacial score (nSPS) is 25.0. The monoisotopic (exact) mass is 395 g/mol. The van der Waals surface area contributed by atoms with E-state index in [9.17, 15) is 15.2 Å². The molecule has 4 rings (SSSR count). The average molecular weight is 395 g/mol. The largest absolute Gasteiger partial charge is 0.504 e. The molecular formula is C24H29NO4. The van der Waals surface area contributed by atoms with Gasteiger partial charge < -0.3 is 9.84 Å². The first-order chi connectivity index (χ1) is 13.7. The number of non-ortho nitro benzene ring substituents is 1. The molecule has 1 saturated carbocycles. The van der Waals surface area contributed by atoms with Crippen LogP contribution in [-0.4, -0.2) is 10.0 Å². The lowest BCUT2D eigenvalue weighted by Crippen LogP contribution is -2.47. The highest BCUT2D eigenvalue weighted by atomic mass is 16.6. The van der Waals surface area contributed by atoms with Crippen molar-refractivity contribution in [2.75, 3.05) is 0 Å². The number of nitrogens with zero attached hydrogens (tertiary/aromatic N) is 1. The van der Waals surface area contributed by atoms with Crippen LogP contribution in [0.2, 0.25) is 0 Å². The third-order valence-corrected chi connectivity index (χ3v) is 7.25. The molecule has 2 aromatic carbocycles. The zero-order valence-electron chi connectivity index (χ0n) is 17.4. The molecule has 5 heteroatoms. The van der Waals surface area contributed by atoms with Crippen molar-refractivity contribution in [3.63, 3.8) is 0 Å². The van der Waals surface area contributed by atoms with E-state index in [2.05, 4.69) is 20.8 Å². The van der Waals surface area contributed by atoms with Gasteiger partial charge >= 0.3 is 0 Å². The smallest absolute Gasteiger partial charge is 0.269 e. The molecule has 0 heterocycles. The predicted octanol–water partition coefficient (Wildman–Crippen LogP) is 5.91. The number of ether oxygens (including phenoxy) is 1. The fraction of sp³-hybridized carbons (Fsp3) is 0.500. The summed E-state index contributed by atoms with van der Waals surface area (Å²) < 4.78 is 5.93. The molecule has 0 saturated heterocycles. The summed E-state index contributed by atoms with van der Waals surface area (Å²) in [6, 6.07) is 10.3. The summed E-state index contributed by atoms with van der Waals surface area (Å²) in [6.45, 7) is 7.33. The fourth-order valence-corrected chi connectivity index (χ4v) is 5.84. The maximum Gasteiger partial charge on any atom is 0.269 e. The van der Waals surface area contributed by atoms with Crippen molar-refractivity contribution >= 4 is 5.69 Å². The molecule has 0 radical (unpaired) electrons. The van der Waals surface area contributed by atoms with Crippen molar-refractivity contribution in [1.29, 1.82) is 0 Å². The molecule has 2 aliphatic carbocycles. The van der Waals surface area contributed by atoms with Crippen LogP contribution in [0.25, 0.3) is 0 Å². The highest BCUT2D eigenvalue weighted by Crippen LogP contribution is 2.58. The SMILES string of the molecule is CC1(C)CCC[C@]2(C)c3cc(OCc4cccc([N+](=O)[O-])c4)c(O)cc3CC[C@H]12. The highest BCUT2D eigenvalue weighted by molar-refractivity contribution is 5.51. The van der Waals surface area contributed by atoms with Crippen molar-refractivity contribution in [2.45, 2.75) is 64.9 Å². The van der Waals surface area contributed by atoms with Gasteiger partial charge in [0.15, 0.2) is 11.5 Å². The lowest BCUT2D eigenvalue weighted by molar-refractivity contribution is -0.384. The molecule has 0 unspecified atom stereocenters. The summed E-state index contributed by atoms with van der Waals surface area (Å²) >= 11 is 0. The zero-order valence-corrected chi connectivity index (χ0v) is 17.4. The van der Waals surface area contributed by atoms with Gasteiger partial charge in [-0.1, -0.05) is 39.3 Å². The van der Waals surface area contributed by atoms with E-state index in [1.165, 1.54) is 36.1 Å². The van der Waals surface area contributed by atoms with E-state index < -0.39 is 4.92 Å². The van der Waals surface area contributed by atoms with Gasteiger partial charge in [-0.3, -0.25) is 10.1 Å². The summed E-state index contributed by atoms with van der Waals surface area (Å²) in [5.74, 6) is 1.22. The molecule has 2 aromatic rings. The van der Waals surface area contributed by atoms with Gasteiger partial charge in [-0.15, -0.1) is 0 Å². The van der Waals surface area contributed by atoms with Gasteiger partial charge in [0.1, 0.15) is 6.61 Å². The average Bonchev–Trinajstić information content (AvgIpc) is 2.66. The van der Waals surface area contributed by atoms with E-state index in [1.807, 2.05) is 12.1 Å². The van der Waals surface area contributed by atoms with Gasteiger partial charge in [-0.25, -0.2) is 0 Å². The van der Waals surface area contributed by atoms with Crippen LogP contribution in [0.15, 0.2) is 36.4 Å². The quantitative estimate of drug-likeness (QED) is 0.516. The standard InChI is InChI=1S/C24H29NO4/c1-23(2)10-5-11-24(3)19-14-21(20(26)13-17(19)8-9-22(23)24)29-15-16-6-4-7-18(12-16)25(27)28/h4,6-7,12-14,22,26H,5,8-11,15H2,1-3H3/t22-,24-/m1/s1. The van der Waals surface area contributed by atoms with Gasteiger partial charge in [0.2, 0.25) is 0 Å². The molecule has 1 fully saturated rings. The van der Waals surface area contributed by atoms with Crippen molar-refractivity contribution in [3.05, 3.63) is 63.2 Å². The van der Waals surface area contributed by atoms with Gasteiger partial charge in [-0.2, -0.15) is 0 Å². The molecule has 0 spiro atoms. The molecule has 29 heavy (non-hydrogen) atoms. The number of hydrogen-bond acceptors (Lipinski definition) is 4. The number of aromatic hydroxyl groups is 1. The number of benzene rings is 2. The van der Waals surface area contributed by atoms with Crippen LogP contribution < -0.4 is 4.74 Å². The Bertz CT molecular complexity index is 952. The topological polar surface area (TPSA) is 72.6 Å². The van der Waals surface area contributed by atoms with E-state index in [0.29, 0.717) is 22.6 Å². The molecule has 2 aliphatic rings. The lowest BCUT2D eigenvalue weighted by atomic mass is 9.50. The Kier molecular flexibility index (Phi) is 4.80. The number of phenolic OH excluding ortho intramolecular Hbond substituents is 1. The number of rotatable bonds is 4. The van der Waals surface area contributed by atoms with Crippen LogP contribution in [0, 0.1) is 21.4 Å². The van der Waals surface area contributed by atoms with E-state index in [1.54, 1.807) is 12.1 Å². The van der Waals surface area contributed by atoms with Crippen LogP contribution in [0.3, 0.4) is 0 Å². The van der Waals surface area contributed by atoms with Crippen LogP contribution in [0.5, 0.6) is 11.5 Å². The minimum absolute atomic E-state index is 0.0422. The van der Waals surface area contributed by atoms with Crippen LogP contribution >= 0.6 is 0 Å². The first kappa shape index (κ1) is 19.7. The fourth-order valence-electron chi connectivity index (χ4n) is 5.84. The summed E-state index contributed by atoms with van der Waals surface area (Å²) in [5, 5.41) is 21.5. The molecule has 2 atom stereocenters. The summed E-state index contributed by atoms with van der Waals surface area (Å²) in [7, 11) is 0. The Hall–Kier alpha value is -2.56. The second kappa shape index (κ2) is 7.05. The number of fused-ring (bicyclic) bond motifs is 3. The number of nitro benzene ring substituents is 1. The molecule has 0 aliphatic heterocycles. The van der Waals surface area contributed by atoms with Crippen LogP contribution in [0.1, 0.15) is 63.1 Å². The van der Waals surface area contributed by atoms with Gasteiger partial charge in [-0.05, 0) is 71.3 Å².